The fourth-order valence-corrected chi connectivity index (χ4v) is 7.68. The number of ether oxygens (including phenoxy) is 4. The fraction of sp³-hybridized carbons (Fsp3) is 0.535. The molecule has 0 aliphatic heterocycles. The summed E-state index contributed by atoms with van der Waals surface area (Å²) >= 11 is 0. The second-order valence-electron chi connectivity index (χ2n) is 14.6. The molecule has 3 aliphatic rings. The summed E-state index contributed by atoms with van der Waals surface area (Å²) in [6.07, 6.45) is 13.1. The van der Waals surface area contributed by atoms with Crippen molar-refractivity contribution in [3.8, 4) is 17.6 Å². The summed E-state index contributed by atoms with van der Waals surface area (Å²) in [4.78, 5) is 50.0. The molecule has 0 heterocycles. The molecule has 0 bridgehead atoms. The van der Waals surface area contributed by atoms with Gasteiger partial charge in [0.05, 0.1) is 30.6 Å². The molecule has 0 aromatic heterocycles. The van der Waals surface area contributed by atoms with Crippen LogP contribution in [0.3, 0.4) is 0 Å². The van der Waals surface area contributed by atoms with Crippen molar-refractivity contribution < 1.29 is 38.1 Å². The summed E-state index contributed by atoms with van der Waals surface area (Å²) in [5.41, 5.74) is 0.438. The zero-order valence-electron chi connectivity index (χ0n) is 29.9. The van der Waals surface area contributed by atoms with Gasteiger partial charge >= 0.3 is 23.9 Å². The average molecular weight is 697 g/mol. The number of benzene rings is 2. The Hall–Kier alpha value is -4.38. The van der Waals surface area contributed by atoms with Gasteiger partial charge in [0.15, 0.2) is 5.60 Å². The highest BCUT2D eigenvalue weighted by Gasteiger charge is 2.40. The molecule has 3 fully saturated rings. The number of rotatable bonds is 12. The smallest absolute Gasteiger partial charge is 0.339 e. The summed E-state index contributed by atoms with van der Waals surface area (Å²) in [5.74, 6) is 7.19. The van der Waals surface area contributed by atoms with Crippen LogP contribution < -0.4 is 4.74 Å². The van der Waals surface area contributed by atoms with Gasteiger partial charge in [0.2, 0.25) is 0 Å². The maximum atomic E-state index is 13.5. The molecule has 3 saturated carbocycles. The lowest BCUT2D eigenvalue weighted by atomic mass is 9.68. The van der Waals surface area contributed by atoms with E-state index in [1.54, 1.807) is 24.3 Å². The van der Waals surface area contributed by atoms with Crippen LogP contribution in [0, 0.1) is 41.4 Å². The minimum atomic E-state index is -0.844. The molecule has 0 N–H and O–H groups in total. The Balaban J connectivity index is 1.09. The van der Waals surface area contributed by atoms with Gasteiger partial charge in [0, 0.05) is 11.6 Å². The van der Waals surface area contributed by atoms with Gasteiger partial charge < -0.3 is 18.9 Å². The van der Waals surface area contributed by atoms with Gasteiger partial charge in [-0.1, -0.05) is 50.5 Å². The van der Waals surface area contributed by atoms with Gasteiger partial charge in [-0.2, -0.15) is 0 Å². The molecule has 0 atom stereocenters. The minimum absolute atomic E-state index is 0.246. The van der Waals surface area contributed by atoms with Crippen LogP contribution in [0.15, 0.2) is 67.3 Å². The molecule has 0 amide bonds. The van der Waals surface area contributed by atoms with E-state index in [0.717, 1.165) is 49.2 Å². The van der Waals surface area contributed by atoms with Crippen molar-refractivity contribution in [1.29, 1.82) is 0 Å². The number of unbranched alkanes of at least 4 members (excludes halogenated alkanes) is 1. The summed E-state index contributed by atoms with van der Waals surface area (Å²) in [6, 6.07) is 16.3. The first-order chi connectivity index (χ1) is 24.7. The van der Waals surface area contributed by atoms with Crippen molar-refractivity contribution in [2.45, 2.75) is 102 Å². The average Bonchev–Trinajstić information content (AvgIpc) is 3.16. The van der Waals surface area contributed by atoms with Crippen molar-refractivity contribution in [2.24, 2.45) is 29.6 Å². The lowest BCUT2D eigenvalue weighted by Gasteiger charge is -2.40. The van der Waals surface area contributed by atoms with E-state index in [4.69, 9.17) is 18.9 Å². The van der Waals surface area contributed by atoms with Crippen LogP contribution in [0.1, 0.15) is 113 Å². The number of hydrogen-bond donors (Lipinski definition) is 0. The molecule has 2 aromatic carbocycles. The Kier molecular flexibility index (Phi) is 13.9. The predicted octanol–water partition coefficient (Wildman–Crippen LogP) is 8.41. The second kappa shape index (κ2) is 18.7. The Morgan fingerprint density at radius 3 is 1.96 bits per heavy atom. The molecule has 2 aromatic rings. The molecule has 5 rings (SSSR count). The summed E-state index contributed by atoms with van der Waals surface area (Å²) < 4.78 is 22.2. The largest absolute Gasteiger partial charge is 0.465 e. The van der Waals surface area contributed by atoms with Crippen LogP contribution in [0.5, 0.6) is 5.75 Å². The number of carbonyl (C=O) groups is 4. The van der Waals surface area contributed by atoms with E-state index in [1.807, 2.05) is 30.3 Å². The molecule has 51 heavy (non-hydrogen) atoms. The highest BCUT2D eigenvalue weighted by atomic mass is 16.6. The predicted molar refractivity (Wildman–Crippen MR) is 193 cm³/mol. The third-order valence-corrected chi connectivity index (χ3v) is 11.0. The molecule has 3 aliphatic carbocycles. The maximum absolute atomic E-state index is 13.5. The van der Waals surface area contributed by atoms with E-state index >= 15 is 0 Å². The zero-order chi connectivity index (χ0) is 36.1. The van der Waals surface area contributed by atoms with Crippen molar-refractivity contribution in [2.75, 3.05) is 13.2 Å². The number of esters is 4. The first kappa shape index (κ1) is 37.9. The monoisotopic (exact) mass is 696 g/mol. The Morgan fingerprint density at radius 2 is 1.33 bits per heavy atom. The van der Waals surface area contributed by atoms with Crippen LogP contribution in [0.4, 0.5) is 0 Å². The molecular weight excluding hydrogens is 644 g/mol. The van der Waals surface area contributed by atoms with E-state index in [1.165, 1.54) is 25.7 Å². The maximum Gasteiger partial charge on any atom is 0.339 e. The number of carbonyl (C=O) groups excluding carboxylic acids is 4. The first-order valence-electron chi connectivity index (χ1n) is 18.8. The molecule has 8 heteroatoms. The SMILES string of the molecule is C=CC(=O)OCCCCOC(=O)C1CCC(C(=O)Oc2ccc(C(=O)OC3(C#Cc4ccccc4)CCC(C4CCC(C)CC4)CC3)cc2)CC1. The molecular formula is C43H52O8. The molecule has 0 radical (unpaired) electrons. The summed E-state index contributed by atoms with van der Waals surface area (Å²) in [7, 11) is 0. The molecule has 8 nitrogen and oxygen atoms in total. The second-order valence-corrected chi connectivity index (χ2v) is 14.6. The normalized spacial score (nSPS) is 26.0. The summed E-state index contributed by atoms with van der Waals surface area (Å²) in [6.45, 7) is 6.22. The van der Waals surface area contributed by atoms with Crippen LogP contribution in [-0.4, -0.2) is 42.7 Å². The third-order valence-electron chi connectivity index (χ3n) is 11.0. The minimum Gasteiger partial charge on any atom is -0.465 e. The van der Waals surface area contributed by atoms with Gasteiger partial charge in [-0.25, -0.2) is 9.59 Å². The van der Waals surface area contributed by atoms with Gasteiger partial charge in [-0.15, -0.1) is 0 Å². The first-order valence-corrected chi connectivity index (χ1v) is 18.8. The molecule has 0 unspecified atom stereocenters. The van der Waals surface area contributed by atoms with E-state index in [0.29, 0.717) is 55.8 Å². The lowest BCUT2D eigenvalue weighted by Crippen LogP contribution is -2.39. The Labute approximate surface area is 302 Å². The molecule has 0 spiro atoms. The van der Waals surface area contributed by atoms with E-state index in [2.05, 4.69) is 25.3 Å². The molecule has 0 saturated heterocycles. The van der Waals surface area contributed by atoms with Gasteiger partial charge in [-0.3, -0.25) is 9.59 Å². The highest BCUT2D eigenvalue weighted by Crippen LogP contribution is 2.44. The lowest BCUT2D eigenvalue weighted by molar-refractivity contribution is -0.152. The number of hydrogen-bond acceptors (Lipinski definition) is 8. The van der Waals surface area contributed by atoms with Gasteiger partial charge in [-0.05, 0) is 137 Å². The third kappa shape index (κ3) is 11.3. The van der Waals surface area contributed by atoms with Gasteiger partial charge in [0.25, 0.3) is 0 Å². The van der Waals surface area contributed by atoms with E-state index in [-0.39, 0.29) is 37.0 Å². The van der Waals surface area contributed by atoms with E-state index in [9.17, 15) is 19.2 Å². The Morgan fingerprint density at radius 1 is 0.745 bits per heavy atom. The summed E-state index contributed by atoms with van der Waals surface area (Å²) in [5, 5.41) is 0. The quantitative estimate of drug-likeness (QED) is 0.0544. The van der Waals surface area contributed by atoms with Crippen molar-refractivity contribution in [3.05, 3.63) is 78.4 Å². The van der Waals surface area contributed by atoms with Gasteiger partial charge in [0.1, 0.15) is 5.75 Å². The topological polar surface area (TPSA) is 105 Å². The van der Waals surface area contributed by atoms with Crippen LogP contribution in [0.2, 0.25) is 0 Å². The van der Waals surface area contributed by atoms with Crippen molar-refractivity contribution >= 4 is 23.9 Å². The van der Waals surface area contributed by atoms with Crippen LogP contribution in [0.25, 0.3) is 0 Å². The van der Waals surface area contributed by atoms with E-state index < -0.39 is 17.5 Å². The van der Waals surface area contributed by atoms with Crippen LogP contribution in [-0.2, 0) is 28.6 Å². The highest BCUT2D eigenvalue weighted by molar-refractivity contribution is 5.90. The standard InChI is InChI=1S/C43H52O8/c1-3-39(44)48-29-7-8-30-49-40(45)35-15-17-36(18-16-35)41(46)50-38-21-19-37(20-22-38)42(47)51-43(26-23-32-9-5-4-6-10-32)27-24-34(25-28-43)33-13-11-31(2)12-14-33/h3-6,9-10,19-22,31,33-36H,1,7-8,11-18,24-25,27-30H2,2H3. The van der Waals surface area contributed by atoms with Crippen molar-refractivity contribution in [1.82, 2.24) is 0 Å². The van der Waals surface area contributed by atoms with Crippen LogP contribution >= 0.6 is 0 Å². The van der Waals surface area contributed by atoms with Crippen molar-refractivity contribution in [3.63, 3.8) is 0 Å². The molecule has 272 valence electrons. The fourth-order valence-electron chi connectivity index (χ4n) is 7.68. The Bertz CT molecular complexity index is 1530. The zero-order valence-corrected chi connectivity index (χ0v) is 29.9.